The van der Waals surface area contributed by atoms with Crippen molar-refractivity contribution >= 4 is 112 Å². The number of hydrogen-bond donors (Lipinski definition) is 0. The van der Waals surface area contributed by atoms with Crippen LogP contribution in [0.3, 0.4) is 0 Å². The molecule has 0 spiro atoms. The molecule has 0 N–H and O–H groups in total. The van der Waals surface area contributed by atoms with Crippen LogP contribution in [0.15, 0.2) is 150 Å². The van der Waals surface area contributed by atoms with E-state index in [-0.39, 0.29) is 0 Å². The fourth-order valence-electron chi connectivity index (χ4n) is 7.26. The third kappa shape index (κ3) is 5.22. The van der Waals surface area contributed by atoms with E-state index in [9.17, 15) is 21.6 Å². The molecule has 3 heterocycles. The molecule has 7 aromatic carbocycles. The SMILES string of the molecule is O=S(=O)(Oc1cc(N(c2ccccc2)c2ccc3c(c2)oc2ccccc23)c2sc3ccc(-c4cccc5sc6ccccc6c45)cc3c2c1)C(F)(F)F. The molecule has 10 aromatic rings. The van der Waals surface area contributed by atoms with Gasteiger partial charge in [0.2, 0.25) is 0 Å². The Bertz CT molecular complexity index is 3220. The first-order chi connectivity index (χ1) is 26.1. The smallest absolute Gasteiger partial charge is 0.456 e. The number of alkyl halides is 3. The van der Waals surface area contributed by atoms with Gasteiger partial charge in [-0.15, -0.1) is 22.7 Å². The molecule has 0 amide bonds. The lowest BCUT2D eigenvalue weighted by Crippen LogP contribution is -2.28. The average Bonchev–Trinajstić information content (AvgIpc) is 3.85. The van der Waals surface area contributed by atoms with Gasteiger partial charge in [0.05, 0.1) is 10.4 Å². The molecule has 0 unspecified atom stereocenters. The third-order valence-corrected chi connectivity index (χ3v) is 12.9. The molecule has 3 aromatic heterocycles. The normalized spacial score (nSPS) is 12.5. The minimum atomic E-state index is -5.99. The molecule has 10 rings (SSSR count). The highest BCUT2D eigenvalue weighted by atomic mass is 32.2. The van der Waals surface area contributed by atoms with Crippen LogP contribution in [-0.4, -0.2) is 13.9 Å². The van der Waals surface area contributed by atoms with Crippen LogP contribution in [0.4, 0.5) is 30.2 Å². The lowest BCUT2D eigenvalue weighted by atomic mass is 9.98. The van der Waals surface area contributed by atoms with Gasteiger partial charge in [-0.1, -0.05) is 72.8 Å². The second-order valence-corrected chi connectivity index (χ2v) is 16.5. The number of nitrogens with zero attached hydrogens (tertiary/aromatic N) is 1. The van der Waals surface area contributed by atoms with Gasteiger partial charge in [0.1, 0.15) is 16.9 Å². The summed E-state index contributed by atoms with van der Waals surface area (Å²) in [7, 11) is -5.99. The first-order valence-corrected chi connectivity index (χ1v) is 19.9. The fraction of sp³-hybridized carbons (Fsp3) is 0.0233. The summed E-state index contributed by atoms with van der Waals surface area (Å²) in [6.07, 6.45) is 0. The Morgan fingerprint density at radius 2 is 1.30 bits per heavy atom. The minimum absolute atomic E-state index is 0.440. The van der Waals surface area contributed by atoms with Crippen molar-refractivity contribution in [3.63, 3.8) is 0 Å². The molecule has 0 saturated heterocycles. The minimum Gasteiger partial charge on any atom is -0.456 e. The zero-order chi connectivity index (χ0) is 36.8. The van der Waals surface area contributed by atoms with Crippen molar-refractivity contribution in [2.45, 2.75) is 5.51 Å². The second-order valence-electron chi connectivity index (χ2n) is 12.8. The molecule has 0 bridgehead atoms. The van der Waals surface area contributed by atoms with Gasteiger partial charge >= 0.3 is 15.6 Å². The number of furan rings is 1. The van der Waals surface area contributed by atoms with Crippen molar-refractivity contribution in [3.05, 3.63) is 146 Å². The van der Waals surface area contributed by atoms with Gasteiger partial charge in [-0.2, -0.15) is 21.6 Å². The quantitative estimate of drug-likeness (QED) is 0.124. The van der Waals surface area contributed by atoms with Crippen LogP contribution in [0, 0.1) is 0 Å². The Kier molecular flexibility index (Phi) is 7.32. The number of hydrogen-bond acceptors (Lipinski definition) is 7. The molecule has 0 saturated carbocycles. The number of thiophene rings is 2. The van der Waals surface area contributed by atoms with E-state index in [4.69, 9.17) is 8.60 Å². The molecular weight excluding hydrogens is 748 g/mol. The molecule has 0 aliphatic carbocycles. The highest BCUT2D eigenvalue weighted by molar-refractivity contribution is 7.88. The summed E-state index contributed by atoms with van der Waals surface area (Å²) in [6, 6.07) is 46.1. The van der Waals surface area contributed by atoms with E-state index in [2.05, 4.69) is 30.3 Å². The summed E-state index contributed by atoms with van der Waals surface area (Å²) in [5, 5.41) is 5.42. The zero-order valence-electron chi connectivity index (χ0n) is 27.8. The third-order valence-electron chi connectivity index (χ3n) is 9.60. The number of para-hydroxylation sites is 2. The van der Waals surface area contributed by atoms with E-state index >= 15 is 0 Å². The van der Waals surface area contributed by atoms with E-state index in [1.165, 1.54) is 28.2 Å². The van der Waals surface area contributed by atoms with E-state index in [1.807, 2.05) is 108 Å². The molecule has 0 fully saturated rings. The second kappa shape index (κ2) is 12.1. The maximum atomic E-state index is 13.8. The number of halogens is 3. The number of benzene rings is 7. The zero-order valence-corrected chi connectivity index (χ0v) is 30.2. The van der Waals surface area contributed by atoms with Crippen LogP contribution >= 0.6 is 22.7 Å². The van der Waals surface area contributed by atoms with E-state index in [0.29, 0.717) is 28.0 Å². The van der Waals surface area contributed by atoms with E-state index < -0.39 is 21.4 Å². The largest absolute Gasteiger partial charge is 0.534 e. The van der Waals surface area contributed by atoms with E-state index in [0.717, 1.165) is 57.7 Å². The summed E-state index contributed by atoms with van der Waals surface area (Å²) in [6.45, 7) is 0. The molecule has 11 heteroatoms. The lowest BCUT2D eigenvalue weighted by Gasteiger charge is -2.26. The number of anilines is 3. The van der Waals surface area contributed by atoms with Crippen LogP contribution in [0.25, 0.3) is 73.4 Å². The van der Waals surface area contributed by atoms with Crippen molar-refractivity contribution in [1.29, 1.82) is 0 Å². The van der Waals surface area contributed by atoms with Gasteiger partial charge < -0.3 is 13.5 Å². The van der Waals surface area contributed by atoms with Crippen LogP contribution < -0.4 is 9.08 Å². The summed E-state index contributed by atoms with van der Waals surface area (Å²) < 4.78 is 81.3. The maximum Gasteiger partial charge on any atom is 0.534 e. The molecule has 0 aliphatic rings. The Labute approximate surface area is 313 Å². The van der Waals surface area contributed by atoms with Crippen LogP contribution in [-0.2, 0) is 10.1 Å². The predicted octanol–water partition coefficient (Wildman–Crippen LogP) is 13.7. The Balaban J connectivity index is 1.24. The molecule has 54 heavy (non-hydrogen) atoms. The lowest BCUT2D eigenvalue weighted by molar-refractivity contribution is -0.0500. The molecule has 5 nitrogen and oxygen atoms in total. The van der Waals surface area contributed by atoms with Gasteiger partial charge in [0.15, 0.2) is 0 Å². The van der Waals surface area contributed by atoms with Crippen molar-refractivity contribution in [2.24, 2.45) is 0 Å². The van der Waals surface area contributed by atoms with Gasteiger partial charge in [-0.05, 0) is 71.8 Å². The van der Waals surface area contributed by atoms with Gasteiger partial charge in [-0.25, -0.2) is 0 Å². The molecular formula is C43H24F3NO4S3. The van der Waals surface area contributed by atoms with Gasteiger partial charge in [0.25, 0.3) is 0 Å². The average molecular weight is 772 g/mol. The summed E-state index contributed by atoms with van der Waals surface area (Å²) in [4.78, 5) is 1.89. The van der Waals surface area contributed by atoms with Crippen molar-refractivity contribution < 1.29 is 30.2 Å². The number of rotatable bonds is 6. The van der Waals surface area contributed by atoms with E-state index in [1.54, 1.807) is 11.3 Å². The molecule has 0 aliphatic heterocycles. The van der Waals surface area contributed by atoms with Crippen LogP contribution in [0.1, 0.15) is 0 Å². The molecule has 264 valence electrons. The van der Waals surface area contributed by atoms with Crippen molar-refractivity contribution in [3.8, 4) is 16.9 Å². The Morgan fingerprint density at radius 1 is 0.574 bits per heavy atom. The van der Waals surface area contributed by atoms with Gasteiger partial charge in [-0.3, -0.25) is 0 Å². The first kappa shape index (κ1) is 32.7. The molecule has 0 radical (unpaired) electrons. The monoisotopic (exact) mass is 771 g/mol. The summed E-state index contributed by atoms with van der Waals surface area (Å²) >= 11 is 3.18. The summed E-state index contributed by atoms with van der Waals surface area (Å²) in [5.41, 5.74) is -0.564. The maximum absolute atomic E-state index is 13.8. The molecule has 0 atom stereocenters. The van der Waals surface area contributed by atoms with Crippen molar-refractivity contribution in [1.82, 2.24) is 0 Å². The highest BCUT2D eigenvalue weighted by Crippen LogP contribution is 2.49. The number of fused-ring (bicyclic) bond motifs is 9. The van der Waals surface area contributed by atoms with Crippen LogP contribution in [0.5, 0.6) is 5.75 Å². The topological polar surface area (TPSA) is 59.8 Å². The first-order valence-electron chi connectivity index (χ1n) is 16.8. The standard InChI is InChI=1S/C43H24F3NO4S3/c44-43(45,46)54(48,49)51-28-23-34-33-21-25(29-13-8-16-40-41(29)32-12-5-7-15-38(32)52-40)17-20-39(33)53-42(34)35(24-28)47(26-9-2-1-3-10-26)27-18-19-31-30-11-4-6-14-36(30)50-37(31)22-27/h1-24H. The predicted molar refractivity (Wildman–Crippen MR) is 215 cm³/mol. The highest BCUT2D eigenvalue weighted by Gasteiger charge is 2.48. The fourth-order valence-corrected chi connectivity index (χ4v) is 10.0. The van der Waals surface area contributed by atoms with Gasteiger partial charge in [0, 0.05) is 69.9 Å². The van der Waals surface area contributed by atoms with Crippen LogP contribution in [0.2, 0.25) is 0 Å². The summed E-state index contributed by atoms with van der Waals surface area (Å²) in [5.74, 6) is -0.461. The Hall–Kier alpha value is -5.88. The van der Waals surface area contributed by atoms with Crippen molar-refractivity contribution in [2.75, 3.05) is 4.90 Å². The Morgan fingerprint density at radius 3 is 2.13 bits per heavy atom.